The Balaban J connectivity index is 1.44. The van der Waals surface area contributed by atoms with Crippen molar-refractivity contribution in [3.05, 3.63) is 46.5 Å². The maximum absolute atomic E-state index is 12.6. The van der Waals surface area contributed by atoms with Crippen LogP contribution in [0.15, 0.2) is 35.3 Å². The van der Waals surface area contributed by atoms with Gasteiger partial charge in [0.2, 0.25) is 0 Å². The minimum absolute atomic E-state index is 0.0168. The molecule has 8 heteroatoms. The molecule has 1 amide bonds. The molecule has 3 aromatic rings. The van der Waals surface area contributed by atoms with Crippen molar-refractivity contribution >= 4 is 17.2 Å². The van der Waals surface area contributed by atoms with Crippen LogP contribution >= 0.6 is 0 Å². The van der Waals surface area contributed by atoms with Crippen molar-refractivity contribution in [2.75, 3.05) is 26.3 Å². The molecule has 156 valence electrons. The second-order valence-corrected chi connectivity index (χ2v) is 8.00. The number of benzene rings is 1. The molecule has 8 nitrogen and oxygen atoms in total. The molecule has 5 rings (SSSR count). The molecule has 0 bridgehead atoms. The molecular weight excluding hydrogens is 382 g/mol. The van der Waals surface area contributed by atoms with E-state index in [1.54, 1.807) is 10.8 Å². The first-order valence-corrected chi connectivity index (χ1v) is 10.7. The minimum atomic E-state index is -0.138. The molecule has 1 aliphatic heterocycles. The van der Waals surface area contributed by atoms with Crippen LogP contribution < -0.4 is 5.69 Å². The van der Waals surface area contributed by atoms with Gasteiger partial charge in [0, 0.05) is 30.3 Å². The van der Waals surface area contributed by atoms with Gasteiger partial charge in [0.25, 0.3) is 5.91 Å². The van der Waals surface area contributed by atoms with E-state index in [0.29, 0.717) is 48.9 Å². The van der Waals surface area contributed by atoms with Gasteiger partial charge in [-0.05, 0) is 25.0 Å². The van der Waals surface area contributed by atoms with Crippen LogP contribution in [0.25, 0.3) is 22.6 Å². The van der Waals surface area contributed by atoms with Gasteiger partial charge in [0.15, 0.2) is 11.3 Å². The van der Waals surface area contributed by atoms with Crippen molar-refractivity contribution in [2.45, 2.75) is 38.1 Å². The second kappa shape index (κ2) is 8.02. The summed E-state index contributed by atoms with van der Waals surface area (Å²) in [5.74, 6) is 0.0168. The van der Waals surface area contributed by atoms with Crippen LogP contribution in [0.2, 0.25) is 0 Å². The molecular formula is C22H25N5O3. The summed E-state index contributed by atoms with van der Waals surface area (Å²) in [4.78, 5) is 39.0. The Bertz CT molecular complexity index is 1110. The number of morpholine rings is 1. The van der Waals surface area contributed by atoms with E-state index >= 15 is 0 Å². The Morgan fingerprint density at radius 1 is 1.07 bits per heavy atom. The van der Waals surface area contributed by atoms with Crippen molar-refractivity contribution in [3.8, 4) is 11.3 Å². The molecule has 2 fully saturated rings. The molecule has 2 aliphatic rings. The molecule has 0 atom stereocenters. The number of hydrogen-bond donors (Lipinski definition) is 1. The highest BCUT2D eigenvalue weighted by molar-refractivity contribution is 5.94. The summed E-state index contributed by atoms with van der Waals surface area (Å²) in [5, 5.41) is 0. The normalized spacial score (nSPS) is 18.1. The van der Waals surface area contributed by atoms with Crippen LogP contribution in [-0.2, 0) is 4.74 Å². The largest absolute Gasteiger partial charge is 0.378 e. The molecule has 30 heavy (non-hydrogen) atoms. The maximum atomic E-state index is 12.6. The number of fused-ring (bicyclic) bond motifs is 1. The van der Waals surface area contributed by atoms with Crippen LogP contribution in [0, 0.1) is 0 Å². The highest BCUT2D eigenvalue weighted by atomic mass is 16.5. The number of H-pyrrole nitrogens is 1. The predicted octanol–water partition coefficient (Wildman–Crippen LogP) is 2.76. The van der Waals surface area contributed by atoms with Gasteiger partial charge in [0.05, 0.1) is 25.1 Å². The Labute approximate surface area is 173 Å². The number of carbonyl (C=O) groups excluding carboxylic acids is 1. The van der Waals surface area contributed by atoms with Gasteiger partial charge in [-0.3, -0.25) is 14.3 Å². The molecule has 2 aromatic heterocycles. The number of ether oxygens (including phenoxy) is 1. The van der Waals surface area contributed by atoms with E-state index in [9.17, 15) is 9.59 Å². The SMILES string of the molecule is O=C(c1ccc(-c2cnc3[nH]c(=O)n(C4CCCCC4)c3n2)cc1)N1CCOCC1. The van der Waals surface area contributed by atoms with E-state index in [4.69, 9.17) is 9.72 Å². The molecule has 0 unspecified atom stereocenters. The summed E-state index contributed by atoms with van der Waals surface area (Å²) in [6, 6.07) is 7.60. The summed E-state index contributed by atoms with van der Waals surface area (Å²) in [6.07, 6.45) is 7.15. The van der Waals surface area contributed by atoms with Crippen molar-refractivity contribution in [1.29, 1.82) is 0 Å². The Morgan fingerprint density at radius 3 is 2.53 bits per heavy atom. The molecule has 0 radical (unpaired) electrons. The molecule has 3 heterocycles. The number of aromatic nitrogens is 4. The number of imidazole rings is 1. The molecule has 1 saturated carbocycles. The third-order valence-electron chi connectivity index (χ3n) is 6.09. The van der Waals surface area contributed by atoms with Crippen molar-refractivity contribution < 1.29 is 9.53 Å². The summed E-state index contributed by atoms with van der Waals surface area (Å²) in [5.41, 5.74) is 3.20. The quantitative estimate of drug-likeness (QED) is 0.721. The average molecular weight is 407 g/mol. The Morgan fingerprint density at radius 2 is 1.80 bits per heavy atom. The van der Waals surface area contributed by atoms with Crippen LogP contribution in [-0.4, -0.2) is 56.6 Å². The van der Waals surface area contributed by atoms with Crippen LogP contribution in [0.5, 0.6) is 0 Å². The highest BCUT2D eigenvalue weighted by Gasteiger charge is 2.22. The molecule has 1 saturated heterocycles. The third-order valence-corrected chi connectivity index (χ3v) is 6.09. The highest BCUT2D eigenvalue weighted by Crippen LogP contribution is 2.29. The van der Waals surface area contributed by atoms with Crippen LogP contribution in [0.1, 0.15) is 48.5 Å². The lowest BCUT2D eigenvalue weighted by Crippen LogP contribution is -2.40. The van der Waals surface area contributed by atoms with Gasteiger partial charge in [0.1, 0.15) is 0 Å². The van der Waals surface area contributed by atoms with E-state index in [-0.39, 0.29) is 17.6 Å². The number of aromatic amines is 1. The third kappa shape index (κ3) is 3.52. The monoisotopic (exact) mass is 407 g/mol. The van der Waals surface area contributed by atoms with E-state index in [1.165, 1.54) is 6.42 Å². The van der Waals surface area contributed by atoms with E-state index < -0.39 is 0 Å². The zero-order chi connectivity index (χ0) is 20.5. The Kier molecular flexibility index (Phi) is 5.08. The fraction of sp³-hybridized carbons (Fsp3) is 0.455. The lowest BCUT2D eigenvalue weighted by Gasteiger charge is -2.26. The van der Waals surface area contributed by atoms with Crippen molar-refractivity contribution in [1.82, 2.24) is 24.4 Å². The summed E-state index contributed by atoms with van der Waals surface area (Å²) in [6.45, 7) is 2.40. The second-order valence-electron chi connectivity index (χ2n) is 8.00. The summed E-state index contributed by atoms with van der Waals surface area (Å²) in [7, 11) is 0. The molecule has 1 aromatic carbocycles. The number of nitrogens with zero attached hydrogens (tertiary/aromatic N) is 4. The standard InChI is InChI=1S/C22H25N5O3/c28-21(26-10-12-30-13-11-26)16-8-6-15(7-9-16)18-14-23-19-20(24-18)27(22(29)25-19)17-4-2-1-3-5-17/h6-9,14,17H,1-5,10-13H2,(H,23,25,29). The number of nitrogens with one attached hydrogen (secondary N) is 1. The van der Waals surface area contributed by atoms with E-state index in [0.717, 1.165) is 31.2 Å². The molecule has 1 aliphatic carbocycles. The van der Waals surface area contributed by atoms with Gasteiger partial charge in [-0.2, -0.15) is 0 Å². The van der Waals surface area contributed by atoms with Gasteiger partial charge >= 0.3 is 5.69 Å². The average Bonchev–Trinajstić information content (AvgIpc) is 3.14. The van der Waals surface area contributed by atoms with E-state index in [2.05, 4.69) is 9.97 Å². The first-order valence-electron chi connectivity index (χ1n) is 10.7. The maximum Gasteiger partial charge on any atom is 0.329 e. The summed E-state index contributed by atoms with van der Waals surface area (Å²) < 4.78 is 7.10. The predicted molar refractivity (Wildman–Crippen MR) is 112 cm³/mol. The first kappa shape index (κ1) is 19.0. The van der Waals surface area contributed by atoms with Crippen LogP contribution in [0.3, 0.4) is 0 Å². The number of carbonyl (C=O) groups is 1. The zero-order valence-electron chi connectivity index (χ0n) is 16.8. The lowest BCUT2D eigenvalue weighted by molar-refractivity contribution is 0.0303. The number of hydrogen-bond acceptors (Lipinski definition) is 5. The van der Waals surface area contributed by atoms with Crippen LogP contribution in [0.4, 0.5) is 0 Å². The molecule has 1 N–H and O–H groups in total. The summed E-state index contributed by atoms with van der Waals surface area (Å²) >= 11 is 0. The number of rotatable bonds is 3. The van der Waals surface area contributed by atoms with Gasteiger partial charge in [-0.15, -0.1) is 0 Å². The van der Waals surface area contributed by atoms with Gasteiger partial charge in [-0.1, -0.05) is 31.4 Å². The minimum Gasteiger partial charge on any atom is -0.378 e. The molecule has 0 spiro atoms. The van der Waals surface area contributed by atoms with Crippen molar-refractivity contribution in [3.63, 3.8) is 0 Å². The number of amides is 1. The lowest BCUT2D eigenvalue weighted by atomic mass is 9.95. The first-order chi connectivity index (χ1) is 14.7. The topological polar surface area (TPSA) is 93.1 Å². The fourth-order valence-electron chi connectivity index (χ4n) is 4.44. The van der Waals surface area contributed by atoms with Gasteiger partial charge in [-0.25, -0.2) is 14.8 Å². The van der Waals surface area contributed by atoms with E-state index in [1.807, 2.05) is 29.2 Å². The zero-order valence-corrected chi connectivity index (χ0v) is 16.8. The van der Waals surface area contributed by atoms with Crippen molar-refractivity contribution in [2.24, 2.45) is 0 Å². The van der Waals surface area contributed by atoms with Gasteiger partial charge < -0.3 is 9.64 Å². The smallest absolute Gasteiger partial charge is 0.329 e. The fourth-order valence-corrected chi connectivity index (χ4v) is 4.44. The Hall–Kier alpha value is -3.00.